The van der Waals surface area contributed by atoms with Gasteiger partial charge in [0.25, 0.3) is 0 Å². The third-order valence-electron chi connectivity index (χ3n) is 13.4. The Labute approximate surface area is 292 Å². The van der Waals surface area contributed by atoms with Crippen LogP contribution in [0.1, 0.15) is 73.8 Å². The Hall–Kier alpha value is -4.42. The number of hydrogen-bond acceptors (Lipinski definition) is 0. The van der Waals surface area contributed by atoms with E-state index in [2.05, 4.69) is 143 Å². The predicted molar refractivity (Wildman–Crippen MR) is 208 cm³/mol. The Bertz CT molecular complexity index is 2180. The van der Waals surface area contributed by atoms with Gasteiger partial charge in [0, 0.05) is 11.8 Å². The minimum absolute atomic E-state index is 0.371. The van der Waals surface area contributed by atoms with Crippen LogP contribution in [0.3, 0.4) is 0 Å². The average molecular weight is 635 g/mol. The van der Waals surface area contributed by atoms with Crippen LogP contribution in [0, 0.1) is 47.3 Å². The molecule has 0 radical (unpaired) electrons. The van der Waals surface area contributed by atoms with E-state index in [9.17, 15) is 0 Å². The fraction of sp³-hybridized carbons (Fsp3) is 0.306. The second-order valence-corrected chi connectivity index (χ2v) is 16.1. The quantitative estimate of drug-likeness (QED) is 0.237. The molecule has 7 aliphatic rings. The van der Waals surface area contributed by atoms with Crippen LogP contribution in [0.25, 0.3) is 27.5 Å². The Kier molecular flexibility index (Phi) is 6.65. The molecular formula is C49H46. The van der Waals surface area contributed by atoms with E-state index in [4.69, 9.17) is 0 Å². The van der Waals surface area contributed by atoms with Crippen LogP contribution in [-0.2, 0) is 0 Å². The second kappa shape index (κ2) is 11.0. The Balaban J connectivity index is 1.27. The Morgan fingerprint density at radius 3 is 2.61 bits per heavy atom. The van der Waals surface area contributed by atoms with Crippen molar-refractivity contribution in [2.75, 3.05) is 0 Å². The summed E-state index contributed by atoms with van der Waals surface area (Å²) >= 11 is 0. The maximum Gasteiger partial charge on any atom is 0.0100 e. The maximum absolute atomic E-state index is 4.08. The van der Waals surface area contributed by atoms with Gasteiger partial charge in [0.1, 0.15) is 0 Å². The first-order valence-corrected chi connectivity index (χ1v) is 18.9. The zero-order valence-electron chi connectivity index (χ0n) is 29.1. The van der Waals surface area contributed by atoms with Crippen LogP contribution in [-0.4, -0.2) is 0 Å². The van der Waals surface area contributed by atoms with Crippen molar-refractivity contribution in [3.05, 3.63) is 173 Å². The van der Waals surface area contributed by atoms with Gasteiger partial charge in [-0.05, 0) is 128 Å². The SMILES string of the molecule is C=CC=CC(C)C1c2cc3c4c(cccc4c2C(c2ccccc2)=C2C4CC(C5=CC(C(C)C)C=C5)C5C=CC=C(C21)C45)C1=C3CCC=C1. The summed E-state index contributed by atoms with van der Waals surface area (Å²) in [6.45, 7) is 11.3. The van der Waals surface area contributed by atoms with Gasteiger partial charge in [-0.3, -0.25) is 0 Å². The van der Waals surface area contributed by atoms with E-state index in [-0.39, 0.29) is 0 Å². The van der Waals surface area contributed by atoms with Crippen LogP contribution >= 0.6 is 0 Å². The highest BCUT2D eigenvalue weighted by Gasteiger charge is 2.58. The molecule has 0 heteroatoms. The molecule has 0 aliphatic heterocycles. The summed E-state index contributed by atoms with van der Waals surface area (Å²) in [6, 6.07) is 21.3. The lowest BCUT2D eigenvalue weighted by atomic mass is 9.62. The first kappa shape index (κ1) is 29.5. The molecule has 0 N–H and O–H groups in total. The van der Waals surface area contributed by atoms with Gasteiger partial charge >= 0.3 is 0 Å². The van der Waals surface area contributed by atoms with Crippen molar-refractivity contribution in [2.45, 2.75) is 46.0 Å². The van der Waals surface area contributed by atoms with Crippen molar-refractivity contribution in [1.29, 1.82) is 0 Å². The average Bonchev–Trinajstić information content (AvgIpc) is 3.91. The number of rotatable bonds is 6. The van der Waals surface area contributed by atoms with E-state index in [1.807, 2.05) is 6.08 Å². The molecule has 0 bridgehead atoms. The molecule has 2 fully saturated rings. The molecule has 10 rings (SSSR count). The zero-order valence-corrected chi connectivity index (χ0v) is 29.1. The first-order chi connectivity index (χ1) is 24.0. The summed E-state index contributed by atoms with van der Waals surface area (Å²) in [5.41, 5.74) is 17.0. The smallest absolute Gasteiger partial charge is 0.0100 e. The van der Waals surface area contributed by atoms with Crippen molar-refractivity contribution in [3.8, 4) is 0 Å². The van der Waals surface area contributed by atoms with Gasteiger partial charge in [0.15, 0.2) is 0 Å². The standard InChI is InChI=1S/C49H46/c1-5-6-14-29(4)43-41-27-40-34-18-11-10-17-33(34)35-19-12-21-37(45(35)40)47(41)44(30-15-8-7-9-16-30)49-42-26-39(32-24-23-31(25-32)28(2)3)36-20-13-22-38(46(36)42)48(43)49/h5-10,12-17,19-25,27-29,31,36,39,42-43,46,48H,1,11,18,26H2,2-4H3. The summed E-state index contributed by atoms with van der Waals surface area (Å²) in [7, 11) is 0. The molecule has 0 amide bonds. The summed E-state index contributed by atoms with van der Waals surface area (Å²) in [5, 5.41) is 2.94. The highest BCUT2D eigenvalue weighted by molar-refractivity contribution is 6.19. The highest BCUT2D eigenvalue weighted by Crippen LogP contribution is 2.69. The van der Waals surface area contributed by atoms with E-state index in [0.717, 1.165) is 12.8 Å². The van der Waals surface area contributed by atoms with E-state index in [1.54, 1.807) is 27.9 Å². The van der Waals surface area contributed by atoms with Crippen LogP contribution in [0.2, 0.25) is 0 Å². The summed E-state index contributed by atoms with van der Waals surface area (Å²) in [4.78, 5) is 0. The Morgan fingerprint density at radius 2 is 1.80 bits per heavy atom. The van der Waals surface area contributed by atoms with E-state index < -0.39 is 0 Å². The van der Waals surface area contributed by atoms with Crippen molar-refractivity contribution in [1.82, 2.24) is 0 Å². The lowest BCUT2D eigenvalue weighted by Gasteiger charge is -2.41. The van der Waals surface area contributed by atoms with Gasteiger partial charge in [-0.1, -0.05) is 154 Å². The summed E-state index contributed by atoms with van der Waals surface area (Å²) in [5.74, 6) is 4.61. The van der Waals surface area contributed by atoms with Crippen molar-refractivity contribution >= 4 is 27.5 Å². The molecule has 0 aromatic heterocycles. The fourth-order valence-electron chi connectivity index (χ4n) is 11.5. The van der Waals surface area contributed by atoms with E-state index in [1.165, 1.54) is 50.6 Å². The molecule has 0 nitrogen and oxygen atoms in total. The van der Waals surface area contributed by atoms with Crippen molar-refractivity contribution < 1.29 is 0 Å². The molecular weight excluding hydrogens is 589 g/mol. The lowest BCUT2D eigenvalue weighted by Crippen LogP contribution is -2.28. The lowest BCUT2D eigenvalue weighted by molar-refractivity contribution is 0.410. The minimum Gasteiger partial charge on any atom is -0.0991 e. The molecule has 0 spiro atoms. The summed E-state index contributed by atoms with van der Waals surface area (Å²) in [6.07, 6.45) is 30.0. The normalized spacial score (nSPS) is 30.7. The van der Waals surface area contributed by atoms with Crippen molar-refractivity contribution in [3.63, 3.8) is 0 Å². The molecule has 3 aromatic rings. The molecule has 49 heavy (non-hydrogen) atoms. The number of hydrogen-bond donors (Lipinski definition) is 0. The second-order valence-electron chi connectivity index (χ2n) is 16.1. The predicted octanol–water partition coefficient (Wildman–Crippen LogP) is 12.5. The third-order valence-corrected chi connectivity index (χ3v) is 13.4. The van der Waals surface area contributed by atoms with Crippen LogP contribution < -0.4 is 0 Å². The van der Waals surface area contributed by atoms with Crippen molar-refractivity contribution in [2.24, 2.45) is 47.3 Å². The minimum atomic E-state index is 0.371. The van der Waals surface area contributed by atoms with E-state index >= 15 is 0 Å². The molecule has 242 valence electrons. The third kappa shape index (κ3) is 4.10. The Morgan fingerprint density at radius 1 is 0.918 bits per heavy atom. The molecule has 2 saturated carbocycles. The molecule has 3 aromatic carbocycles. The van der Waals surface area contributed by atoms with Crippen LogP contribution in [0.4, 0.5) is 0 Å². The molecule has 8 atom stereocenters. The van der Waals surface area contributed by atoms with Gasteiger partial charge in [-0.2, -0.15) is 0 Å². The van der Waals surface area contributed by atoms with Gasteiger partial charge < -0.3 is 0 Å². The number of benzene rings is 3. The number of allylic oxidation sites excluding steroid dienone is 16. The largest absolute Gasteiger partial charge is 0.0991 e. The topological polar surface area (TPSA) is 0 Å². The van der Waals surface area contributed by atoms with Crippen LogP contribution in [0.15, 0.2) is 145 Å². The van der Waals surface area contributed by atoms with Gasteiger partial charge in [-0.25, -0.2) is 0 Å². The van der Waals surface area contributed by atoms with Gasteiger partial charge in [0.2, 0.25) is 0 Å². The van der Waals surface area contributed by atoms with Gasteiger partial charge in [-0.15, -0.1) is 0 Å². The molecule has 0 heterocycles. The van der Waals surface area contributed by atoms with Gasteiger partial charge in [0.05, 0.1) is 0 Å². The van der Waals surface area contributed by atoms with E-state index in [0.29, 0.717) is 53.3 Å². The molecule has 8 unspecified atom stereocenters. The monoisotopic (exact) mass is 634 g/mol. The maximum atomic E-state index is 4.08. The van der Waals surface area contributed by atoms with Crippen LogP contribution in [0.5, 0.6) is 0 Å². The number of fused-ring (bicyclic) bond motifs is 7. The summed E-state index contributed by atoms with van der Waals surface area (Å²) < 4.78 is 0. The zero-order chi connectivity index (χ0) is 33.0. The molecule has 7 aliphatic carbocycles. The fourth-order valence-corrected chi connectivity index (χ4v) is 11.5. The molecule has 0 saturated heterocycles. The highest BCUT2D eigenvalue weighted by atomic mass is 14.6. The first-order valence-electron chi connectivity index (χ1n) is 18.9.